The summed E-state index contributed by atoms with van der Waals surface area (Å²) in [6, 6.07) is 0. The van der Waals surface area contributed by atoms with Crippen molar-refractivity contribution < 1.29 is 19.0 Å². The monoisotopic (exact) mass is 247 g/mol. The van der Waals surface area contributed by atoms with Gasteiger partial charge in [-0.25, -0.2) is 4.79 Å². The van der Waals surface area contributed by atoms with Crippen molar-refractivity contribution in [1.82, 2.24) is 5.32 Å². The number of rotatable bonds is 10. The van der Waals surface area contributed by atoms with E-state index in [0.717, 1.165) is 6.54 Å². The zero-order chi connectivity index (χ0) is 13.1. The molecule has 0 aliphatic rings. The molecular formula is C12H25NO4. The summed E-state index contributed by atoms with van der Waals surface area (Å²) in [6.07, 6.45) is 0. The molecule has 0 radical (unpaired) electrons. The van der Waals surface area contributed by atoms with E-state index in [1.165, 1.54) is 0 Å². The molecular weight excluding hydrogens is 222 g/mol. The fraction of sp³-hybridized carbons (Fsp3) is 0.917. The van der Waals surface area contributed by atoms with Gasteiger partial charge in [-0.15, -0.1) is 0 Å². The Bertz CT molecular complexity index is 207. The number of esters is 1. The molecule has 0 amide bonds. The van der Waals surface area contributed by atoms with Gasteiger partial charge in [-0.3, -0.25) is 0 Å². The zero-order valence-electron chi connectivity index (χ0n) is 11.4. The molecule has 0 bridgehead atoms. The van der Waals surface area contributed by atoms with E-state index in [2.05, 4.69) is 5.32 Å². The second-order valence-corrected chi connectivity index (χ2v) is 4.23. The third kappa shape index (κ3) is 10.2. The Morgan fingerprint density at radius 2 is 1.94 bits per heavy atom. The highest BCUT2D eigenvalue weighted by atomic mass is 16.6. The highest BCUT2D eigenvalue weighted by Crippen LogP contribution is 2.06. The van der Waals surface area contributed by atoms with Crippen LogP contribution in [0.3, 0.4) is 0 Å². The van der Waals surface area contributed by atoms with Crippen molar-refractivity contribution >= 4 is 5.97 Å². The minimum atomic E-state index is -0.317. The molecule has 17 heavy (non-hydrogen) atoms. The average molecular weight is 247 g/mol. The van der Waals surface area contributed by atoms with Crippen LogP contribution in [0.4, 0.5) is 0 Å². The highest BCUT2D eigenvalue weighted by Gasteiger charge is 2.16. The molecule has 5 heteroatoms. The average Bonchev–Trinajstić information content (AvgIpc) is 2.23. The van der Waals surface area contributed by atoms with Crippen molar-refractivity contribution in [3.63, 3.8) is 0 Å². The maximum Gasteiger partial charge on any atom is 0.332 e. The van der Waals surface area contributed by atoms with E-state index in [0.29, 0.717) is 26.4 Å². The maximum atomic E-state index is 10.9. The van der Waals surface area contributed by atoms with Gasteiger partial charge in [0.1, 0.15) is 6.61 Å². The fourth-order valence-electron chi connectivity index (χ4n) is 1.33. The summed E-state index contributed by atoms with van der Waals surface area (Å²) in [7, 11) is 0. The van der Waals surface area contributed by atoms with Crippen LogP contribution in [0.1, 0.15) is 27.7 Å². The predicted molar refractivity (Wildman–Crippen MR) is 66.0 cm³/mol. The first-order valence-corrected chi connectivity index (χ1v) is 6.10. The lowest BCUT2D eigenvalue weighted by molar-refractivity contribution is -0.148. The van der Waals surface area contributed by atoms with Gasteiger partial charge in [0.25, 0.3) is 0 Å². The third-order valence-electron chi connectivity index (χ3n) is 2.03. The third-order valence-corrected chi connectivity index (χ3v) is 2.03. The van der Waals surface area contributed by atoms with E-state index >= 15 is 0 Å². The summed E-state index contributed by atoms with van der Waals surface area (Å²) in [5.74, 6) is -0.317. The molecule has 0 aliphatic carbocycles. The molecule has 102 valence electrons. The van der Waals surface area contributed by atoms with Crippen molar-refractivity contribution in [3.05, 3.63) is 0 Å². The molecule has 0 atom stereocenters. The number of hydrogen-bond donors (Lipinski definition) is 1. The standard InChI is InChI=1S/C12H25NO4/c1-5-16-11(14)9-15-8-7-13-10-12(3,4)17-6-2/h13H,5-10H2,1-4H3. The van der Waals surface area contributed by atoms with Crippen LogP contribution in [0.5, 0.6) is 0 Å². The minimum absolute atomic E-state index is 0.0182. The van der Waals surface area contributed by atoms with Gasteiger partial charge in [0, 0.05) is 19.7 Å². The Morgan fingerprint density at radius 1 is 1.24 bits per heavy atom. The van der Waals surface area contributed by atoms with E-state index < -0.39 is 0 Å². The molecule has 0 aromatic rings. The molecule has 0 spiro atoms. The van der Waals surface area contributed by atoms with E-state index in [1.54, 1.807) is 6.92 Å². The van der Waals surface area contributed by atoms with Crippen LogP contribution in [0, 0.1) is 0 Å². The normalized spacial score (nSPS) is 11.5. The van der Waals surface area contributed by atoms with Crippen LogP contribution in [0.15, 0.2) is 0 Å². The highest BCUT2D eigenvalue weighted by molar-refractivity contribution is 5.70. The lowest BCUT2D eigenvalue weighted by atomic mass is 10.1. The molecule has 0 heterocycles. The van der Waals surface area contributed by atoms with Crippen LogP contribution < -0.4 is 5.32 Å². The van der Waals surface area contributed by atoms with E-state index in [4.69, 9.17) is 14.2 Å². The van der Waals surface area contributed by atoms with Crippen LogP contribution in [0.2, 0.25) is 0 Å². The molecule has 1 N–H and O–H groups in total. The quantitative estimate of drug-likeness (QED) is 0.460. The van der Waals surface area contributed by atoms with Gasteiger partial charge in [0.2, 0.25) is 0 Å². The van der Waals surface area contributed by atoms with Gasteiger partial charge in [0.05, 0.1) is 18.8 Å². The Hall–Kier alpha value is -0.650. The molecule has 0 unspecified atom stereocenters. The van der Waals surface area contributed by atoms with Crippen LogP contribution in [-0.2, 0) is 19.0 Å². The zero-order valence-corrected chi connectivity index (χ0v) is 11.4. The van der Waals surface area contributed by atoms with Crippen LogP contribution in [0.25, 0.3) is 0 Å². The summed E-state index contributed by atoms with van der Waals surface area (Å²) in [4.78, 5) is 10.9. The number of nitrogens with one attached hydrogen (secondary N) is 1. The number of hydrogen-bond acceptors (Lipinski definition) is 5. The van der Waals surface area contributed by atoms with E-state index in [1.807, 2.05) is 20.8 Å². The molecule has 0 aromatic heterocycles. The summed E-state index contributed by atoms with van der Waals surface area (Å²) in [5, 5.41) is 3.21. The predicted octanol–water partition coefficient (Wildman–Crippen LogP) is 0.971. The molecule has 0 saturated carbocycles. The summed E-state index contributed by atoms with van der Waals surface area (Å²) in [5.41, 5.74) is -0.171. The largest absolute Gasteiger partial charge is 0.464 e. The molecule has 0 aliphatic heterocycles. The van der Waals surface area contributed by atoms with E-state index in [9.17, 15) is 4.79 Å². The van der Waals surface area contributed by atoms with Gasteiger partial charge < -0.3 is 19.5 Å². The van der Waals surface area contributed by atoms with Gasteiger partial charge in [0.15, 0.2) is 0 Å². The van der Waals surface area contributed by atoms with Crippen molar-refractivity contribution in [2.24, 2.45) is 0 Å². The van der Waals surface area contributed by atoms with Gasteiger partial charge in [-0.05, 0) is 27.7 Å². The number of carbonyl (C=O) groups excluding carboxylic acids is 1. The summed E-state index contributed by atoms with van der Waals surface area (Å²) >= 11 is 0. The maximum absolute atomic E-state index is 10.9. The van der Waals surface area contributed by atoms with Gasteiger partial charge in [-0.1, -0.05) is 0 Å². The van der Waals surface area contributed by atoms with Gasteiger partial charge in [-0.2, -0.15) is 0 Å². The Morgan fingerprint density at radius 3 is 2.53 bits per heavy atom. The molecule has 0 fully saturated rings. The van der Waals surface area contributed by atoms with E-state index in [-0.39, 0.29) is 18.2 Å². The Kier molecular flexibility index (Phi) is 9.03. The number of carbonyl (C=O) groups is 1. The molecule has 0 saturated heterocycles. The van der Waals surface area contributed by atoms with Gasteiger partial charge >= 0.3 is 5.97 Å². The first-order chi connectivity index (χ1) is 8.02. The van der Waals surface area contributed by atoms with Crippen molar-refractivity contribution in [2.45, 2.75) is 33.3 Å². The number of ether oxygens (including phenoxy) is 3. The first kappa shape index (κ1) is 16.4. The smallest absolute Gasteiger partial charge is 0.332 e. The fourth-order valence-corrected chi connectivity index (χ4v) is 1.33. The molecule has 0 aromatic carbocycles. The topological polar surface area (TPSA) is 56.8 Å². The van der Waals surface area contributed by atoms with Crippen molar-refractivity contribution in [1.29, 1.82) is 0 Å². The molecule has 0 rings (SSSR count). The molecule has 5 nitrogen and oxygen atoms in total. The lowest BCUT2D eigenvalue weighted by Gasteiger charge is -2.24. The Balaban J connectivity index is 3.37. The SMILES string of the molecule is CCOC(=O)COCCNCC(C)(C)OCC. The second kappa shape index (κ2) is 9.39. The minimum Gasteiger partial charge on any atom is -0.464 e. The first-order valence-electron chi connectivity index (χ1n) is 6.10. The van der Waals surface area contributed by atoms with Crippen molar-refractivity contribution in [3.8, 4) is 0 Å². The van der Waals surface area contributed by atoms with Crippen LogP contribution >= 0.6 is 0 Å². The summed E-state index contributed by atoms with van der Waals surface area (Å²) < 4.78 is 15.4. The summed E-state index contributed by atoms with van der Waals surface area (Å²) in [6.45, 7) is 10.9. The second-order valence-electron chi connectivity index (χ2n) is 4.23. The Labute approximate surface area is 104 Å². The van der Waals surface area contributed by atoms with Crippen molar-refractivity contribution in [2.75, 3.05) is 39.5 Å². The van der Waals surface area contributed by atoms with Crippen LogP contribution in [-0.4, -0.2) is 51.1 Å². The lowest BCUT2D eigenvalue weighted by Crippen LogP contribution is -2.39.